The first-order valence-electron chi connectivity index (χ1n) is 10.7. The lowest BCUT2D eigenvalue weighted by Gasteiger charge is -2.40. The molecular weight excluding hydrogens is 475 g/mol. The first kappa shape index (κ1) is 24.4. The average Bonchev–Trinajstić information content (AvgIpc) is 3.02. The number of amides is 1. The van der Waals surface area contributed by atoms with Crippen LogP contribution >= 0.6 is 23.2 Å². The fourth-order valence-electron chi connectivity index (χ4n) is 4.02. The third-order valence-electron chi connectivity index (χ3n) is 5.63. The number of Topliss-reactive ketones (excluding diaryl/α,β-unsaturated/α-hetero) is 1. The highest BCUT2D eigenvalue weighted by atomic mass is 35.5. The van der Waals surface area contributed by atoms with Crippen molar-refractivity contribution < 1.29 is 19.4 Å². The standard InChI is InChI=1S/C26H24Cl2N2O4/c1-16(31)17-4-11-23-22(12-17)24(32)30(14-21-10-9-20(28)13-29-21)26(23,34-15-25(2,3)33)18-5-7-19(27)8-6-18/h4-13,33H,14-15H2,1-3H3. The number of aromatic nitrogens is 1. The second kappa shape index (κ2) is 9.12. The number of ketones is 1. The van der Waals surface area contributed by atoms with Gasteiger partial charge in [0.2, 0.25) is 0 Å². The molecule has 1 aliphatic heterocycles. The van der Waals surface area contributed by atoms with E-state index in [4.69, 9.17) is 27.9 Å². The number of carbonyl (C=O) groups excluding carboxylic acids is 2. The van der Waals surface area contributed by atoms with E-state index in [0.29, 0.717) is 38.0 Å². The molecule has 1 aliphatic rings. The van der Waals surface area contributed by atoms with Crippen LogP contribution in [-0.4, -0.2) is 38.9 Å². The summed E-state index contributed by atoms with van der Waals surface area (Å²) < 4.78 is 6.46. The molecule has 176 valence electrons. The highest BCUT2D eigenvalue weighted by Gasteiger charge is 2.53. The summed E-state index contributed by atoms with van der Waals surface area (Å²) in [6.45, 7) is 4.75. The van der Waals surface area contributed by atoms with E-state index < -0.39 is 11.3 Å². The van der Waals surface area contributed by atoms with Gasteiger partial charge in [-0.05, 0) is 51.1 Å². The quantitative estimate of drug-likeness (QED) is 0.450. The monoisotopic (exact) mass is 498 g/mol. The molecular formula is C26H24Cl2N2O4. The molecule has 2 aromatic carbocycles. The number of halogens is 2. The summed E-state index contributed by atoms with van der Waals surface area (Å²) in [5.41, 5.74) is 0.0457. The van der Waals surface area contributed by atoms with Gasteiger partial charge in [0.1, 0.15) is 0 Å². The Morgan fingerprint density at radius 2 is 1.76 bits per heavy atom. The van der Waals surface area contributed by atoms with E-state index in [-0.39, 0.29) is 24.8 Å². The minimum atomic E-state index is -1.38. The van der Waals surface area contributed by atoms with E-state index in [0.717, 1.165) is 0 Å². The fraction of sp³-hybridized carbons (Fsp3) is 0.269. The Balaban J connectivity index is 1.95. The van der Waals surface area contributed by atoms with E-state index in [1.165, 1.54) is 13.1 Å². The van der Waals surface area contributed by atoms with Crippen molar-refractivity contribution >= 4 is 34.9 Å². The number of ether oxygens (including phenoxy) is 1. The summed E-state index contributed by atoms with van der Waals surface area (Å²) in [6.07, 6.45) is 1.51. The van der Waals surface area contributed by atoms with Crippen molar-refractivity contribution in [3.63, 3.8) is 0 Å². The molecule has 3 aromatic rings. The minimum Gasteiger partial charge on any atom is -0.388 e. The molecule has 0 spiro atoms. The molecule has 34 heavy (non-hydrogen) atoms. The minimum absolute atomic E-state index is 0.0681. The number of benzene rings is 2. The summed E-state index contributed by atoms with van der Waals surface area (Å²) in [7, 11) is 0. The predicted molar refractivity (Wildman–Crippen MR) is 130 cm³/mol. The normalized spacial score (nSPS) is 17.7. The first-order chi connectivity index (χ1) is 16.0. The topological polar surface area (TPSA) is 79.7 Å². The molecule has 6 nitrogen and oxygen atoms in total. The molecule has 8 heteroatoms. The Labute approximate surface area is 208 Å². The Kier molecular flexibility index (Phi) is 6.53. The van der Waals surface area contributed by atoms with Crippen molar-refractivity contribution in [1.82, 2.24) is 9.88 Å². The van der Waals surface area contributed by atoms with Crippen LogP contribution in [0.4, 0.5) is 0 Å². The maximum Gasteiger partial charge on any atom is 0.257 e. The van der Waals surface area contributed by atoms with Gasteiger partial charge in [0.05, 0.1) is 29.5 Å². The van der Waals surface area contributed by atoms with Crippen LogP contribution in [0, 0.1) is 0 Å². The molecule has 0 fully saturated rings. The summed E-state index contributed by atoms with van der Waals surface area (Å²) in [5, 5.41) is 11.5. The smallest absolute Gasteiger partial charge is 0.257 e. The molecule has 0 saturated heterocycles. The molecule has 1 amide bonds. The molecule has 0 radical (unpaired) electrons. The second-order valence-electron chi connectivity index (χ2n) is 8.93. The summed E-state index contributed by atoms with van der Waals surface area (Å²) in [4.78, 5) is 31.8. The van der Waals surface area contributed by atoms with Crippen LogP contribution in [0.25, 0.3) is 0 Å². The van der Waals surface area contributed by atoms with Crippen molar-refractivity contribution in [3.8, 4) is 0 Å². The summed E-state index contributed by atoms with van der Waals surface area (Å²) in [6, 6.07) is 15.5. The Morgan fingerprint density at radius 1 is 1.09 bits per heavy atom. The van der Waals surface area contributed by atoms with Crippen molar-refractivity contribution in [2.45, 2.75) is 38.6 Å². The lowest BCUT2D eigenvalue weighted by molar-refractivity contribution is -0.150. The number of fused-ring (bicyclic) bond motifs is 1. The zero-order valence-electron chi connectivity index (χ0n) is 19.0. The van der Waals surface area contributed by atoms with Crippen molar-refractivity contribution in [3.05, 3.63) is 98.8 Å². The molecule has 1 aromatic heterocycles. The van der Waals surface area contributed by atoms with Crippen molar-refractivity contribution in [1.29, 1.82) is 0 Å². The van der Waals surface area contributed by atoms with Crippen molar-refractivity contribution in [2.75, 3.05) is 6.61 Å². The van der Waals surface area contributed by atoms with E-state index in [1.807, 2.05) is 0 Å². The van der Waals surface area contributed by atoms with Gasteiger partial charge in [-0.2, -0.15) is 0 Å². The van der Waals surface area contributed by atoms with E-state index >= 15 is 0 Å². The van der Waals surface area contributed by atoms with Crippen LogP contribution in [0.1, 0.15) is 58.3 Å². The van der Waals surface area contributed by atoms with Crippen LogP contribution in [0.2, 0.25) is 10.0 Å². The summed E-state index contributed by atoms with van der Waals surface area (Å²) in [5.74, 6) is -0.469. The molecule has 1 atom stereocenters. The highest BCUT2D eigenvalue weighted by Crippen LogP contribution is 2.47. The zero-order valence-corrected chi connectivity index (χ0v) is 20.5. The third kappa shape index (κ3) is 4.59. The van der Waals surface area contributed by atoms with Crippen LogP contribution in [0.5, 0.6) is 0 Å². The number of aliphatic hydroxyl groups is 1. The maximum absolute atomic E-state index is 13.8. The molecule has 4 rings (SSSR count). The largest absolute Gasteiger partial charge is 0.388 e. The SMILES string of the molecule is CC(=O)c1ccc2c(c1)C(=O)N(Cc1ccc(Cl)cn1)C2(OCC(C)(C)O)c1ccc(Cl)cc1. The van der Waals surface area contributed by atoms with Gasteiger partial charge in [0.25, 0.3) is 5.91 Å². The molecule has 1 N–H and O–H groups in total. The van der Waals surface area contributed by atoms with E-state index in [2.05, 4.69) is 4.98 Å². The van der Waals surface area contributed by atoms with Crippen LogP contribution in [0.3, 0.4) is 0 Å². The molecule has 1 unspecified atom stereocenters. The van der Waals surface area contributed by atoms with Crippen LogP contribution in [0.15, 0.2) is 60.8 Å². The lowest BCUT2D eigenvalue weighted by Crippen LogP contribution is -2.48. The van der Waals surface area contributed by atoms with E-state index in [1.54, 1.807) is 73.3 Å². The summed E-state index contributed by atoms with van der Waals surface area (Å²) >= 11 is 12.2. The Bertz CT molecular complexity index is 1240. The number of carbonyl (C=O) groups is 2. The Morgan fingerprint density at radius 3 is 2.35 bits per heavy atom. The van der Waals surface area contributed by atoms with Gasteiger partial charge in [0, 0.05) is 33.5 Å². The number of hydrogen-bond donors (Lipinski definition) is 1. The second-order valence-corrected chi connectivity index (χ2v) is 9.80. The zero-order chi connectivity index (χ0) is 24.7. The van der Waals surface area contributed by atoms with Gasteiger partial charge in [0.15, 0.2) is 11.5 Å². The van der Waals surface area contributed by atoms with Gasteiger partial charge in [-0.25, -0.2) is 0 Å². The van der Waals surface area contributed by atoms with Crippen LogP contribution in [-0.2, 0) is 17.0 Å². The molecule has 0 saturated carbocycles. The number of nitrogens with zero attached hydrogens (tertiary/aromatic N) is 2. The molecule has 2 heterocycles. The van der Waals surface area contributed by atoms with Gasteiger partial charge in [-0.3, -0.25) is 19.5 Å². The van der Waals surface area contributed by atoms with Gasteiger partial charge in [-0.1, -0.05) is 47.5 Å². The lowest BCUT2D eigenvalue weighted by atomic mass is 9.91. The number of hydrogen-bond acceptors (Lipinski definition) is 5. The average molecular weight is 499 g/mol. The highest BCUT2D eigenvalue weighted by molar-refractivity contribution is 6.30. The number of rotatable bonds is 7. The predicted octanol–water partition coefficient (Wildman–Crippen LogP) is 5.24. The maximum atomic E-state index is 13.8. The van der Waals surface area contributed by atoms with Gasteiger partial charge in [-0.15, -0.1) is 0 Å². The number of pyridine rings is 1. The van der Waals surface area contributed by atoms with Crippen LogP contribution < -0.4 is 0 Å². The van der Waals surface area contributed by atoms with E-state index in [9.17, 15) is 14.7 Å². The van der Waals surface area contributed by atoms with Gasteiger partial charge < -0.3 is 9.84 Å². The molecule has 0 bridgehead atoms. The Hall–Kier alpha value is -2.77. The van der Waals surface area contributed by atoms with Gasteiger partial charge >= 0.3 is 0 Å². The molecule has 0 aliphatic carbocycles. The first-order valence-corrected chi connectivity index (χ1v) is 11.5. The van der Waals surface area contributed by atoms with Crippen molar-refractivity contribution in [2.24, 2.45) is 0 Å². The third-order valence-corrected chi connectivity index (χ3v) is 6.10. The fourth-order valence-corrected chi connectivity index (χ4v) is 4.26.